The van der Waals surface area contributed by atoms with Gasteiger partial charge in [-0.3, -0.25) is 10.1 Å². The van der Waals surface area contributed by atoms with E-state index in [1.54, 1.807) is 12.1 Å². The fourth-order valence-electron chi connectivity index (χ4n) is 2.71. The van der Waals surface area contributed by atoms with E-state index in [0.717, 1.165) is 27.8 Å². The van der Waals surface area contributed by atoms with Gasteiger partial charge in [-0.2, -0.15) is 4.98 Å². The quantitative estimate of drug-likeness (QED) is 0.551. The number of fused-ring (bicyclic) bond motifs is 1. The Morgan fingerprint density at radius 1 is 1.12 bits per heavy atom. The largest absolute Gasteiger partial charge is 0.363 e. The van der Waals surface area contributed by atoms with Gasteiger partial charge in [0.05, 0.1) is 10.4 Å². The van der Waals surface area contributed by atoms with E-state index in [-0.39, 0.29) is 11.7 Å². The van der Waals surface area contributed by atoms with Crippen LogP contribution in [0, 0.1) is 17.0 Å². The fourth-order valence-corrected chi connectivity index (χ4v) is 2.71. The van der Waals surface area contributed by atoms with Crippen LogP contribution in [0.4, 0.5) is 17.5 Å². The van der Waals surface area contributed by atoms with Crippen molar-refractivity contribution in [2.75, 3.05) is 24.3 Å². The van der Waals surface area contributed by atoms with E-state index in [2.05, 4.69) is 15.3 Å². The third kappa shape index (κ3) is 3.56. The Labute approximate surface area is 151 Å². The summed E-state index contributed by atoms with van der Waals surface area (Å²) < 4.78 is 0. The number of anilines is 2. The molecular formula is C19H21N5O2. The van der Waals surface area contributed by atoms with Crippen LogP contribution in [0.5, 0.6) is 0 Å². The lowest BCUT2D eigenvalue weighted by Crippen LogP contribution is -2.15. The summed E-state index contributed by atoms with van der Waals surface area (Å²) >= 11 is 0. The first-order valence-electron chi connectivity index (χ1n) is 8.32. The summed E-state index contributed by atoms with van der Waals surface area (Å²) in [4.78, 5) is 21.5. The number of aromatic nitrogens is 2. The Hall–Kier alpha value is -3.22. The highest BCUT2D eigenvalue weighted by molar-refractivity contribution is 5.90. The summed E-state index contributed by atoms with van der Waals surface area (Å²) in [5.74, 6) is 1.37. The molecular weight excluding hydrogens is 330 g/mol. The highest BCUT2D eigenvalue weighted by Crippen LogP contribution is 2.28. The Morgan fingerprint density at radius 2 is 1.81 bits per heavy atom. The second kappa shape index (κ2) is 6.95. The summed E-state index contributed by atoms with van der Waals surface area (Å²) in [5.41, 5.74) is 3.04. The van der Waals surface area contributed by atoms with E-state index >= 15 is 0 Å². The van der Waals surface area contributed by atoms with Crippen molar-refractivity contribution >= 4 is 28.4 Å². The number of aryl methyl sites for hydroxylation is 1. The van der Waals surface area contributed by atoms with Gasteiger partial charge in [0.1, 0.15) is 5.82 Å². The number of non-ortho nitro benzene ring substituents is 1. The average molecular weight is 351 g/mol. The minimum absolute atomic E-state index is 0.0646. The van der Waals surface area contributed by atoms with Crippen LogP contribution in [-0.2, 0) is 0 Å². The molecule has 1 atom stereocenters. The van der Waals surface area contributed by atoms with Crippen molar-refractivity contribution in [3.05, 3.63) is 63.7 Å². The number of nitro groups is 1. The Morgan fingerprint density at radius 3 is 2.42 bits per heavy atom. The molecule has 7 heteroatoms. The number of nitrogens with zero attached hydrogens (tertiary/aromatic N) is 4. The molecule has 1 heterocycles. The van der Waals surface area contributed by atoms with Crippen LogP contribution >= 0.6 is 0 Å². The molecule has 0 amide bonds. The molecule has 0 fully saturated rings. The van der Waals surface area contributed by atoms with Crippen LogP contribution in [0.25, 0.3) is 10.9 Å². The van der Waals surface area contributed by atoms with Gasteiger partial charge in [0.25, 0.3) is 5.69 Å². The number of rotatable bonds is 5. The maximum atomic E-state index is 10.8. The summed E-state index contributed by atoms with van der Waals surface area (Å²) in [5, 5.41) is 15.2. The summed E-state index contributed by atoms with van der Waals surface area (Å²) in [6, 6.07) is 12.6. The molecule has 1 aromatic heterocycles. The van der Waals surface area contributed by atoms with Gasteiger partial charge in [0.15, 0.2) is 0 Å². The summed E-state index contributed by atoms with van der Waals surface area (Å²) in [7, 11) is 3.81. The van der Waals surface area contributed by atoms with Gasteiger partial charge < -0.3 is 10.2 Å². The second-order valence-electron chi connectivity index (χ2n) is 6.50. The summed E-state index contributed by atoms with van der Waals surface area (Å²) in [6.45, 7) is 4.03. The van der Waals surface area contributed by atoms with Gasteiger partial charge in [0, 0.05) is 37.7 Å². The molecule has 2 aromatic carbocycles. The molecule has 0 aliphatic heterocycles. The van der Waals surface area contributed by atoms with E-state index in [4.69, 9.17) is 0 Å². The molecule has 0 radical (unpaired) electrons. The Kier molecular flexibility index (Phi) is 4.71. The fraction of sp³-hybridized carbons (Fsp3) is 0.263. The first-order valence-corrected chi connectivity index (χ1v) is 8.32. The molecule has 3 aromatic rings. The normalized spacial score (nSPS) is 12.0. The number of hydrogen-bond acceptors (Lipinski definition) is 6. The third-order valence-corrected chi connectivity index (χ3v) is 4.20. The van der Waals surface area contributed by atoms with Crippen molar-refractivity contribution in [1.29, 1.82) is 0 Å². The van der Waals surface area contributed by atoms with Gasteiger partial charge in [-0.25, -0.2) is 4.98 Å². The van der Waals surface area contributed by atoms with E-state index < -0.39 is 4.92 Å². The molecule has 0 saturated carbocycles. The molecule has 0 bridgehead atoms. The van der Waals surface area contributed by atoms with Crippen LogP contribution in [0.15, 0.2) is 42.5 Å². The van der Waals surface area contributed by atoms with Crippen LogP contribution < -0.4 is 10.2 Å². The highest BCUT2D eigenvalue weighted by atomic mass is 16.6. The molecule has 0 saturated heterocycles. The van der Waals surface area contributed by atoms with Crippen LogP contribution in [0.1, 0.15) is 24.1 Å². The SMILES string of the molecule is Cc1ccc2c(N[C@@H](C)c3ccc([N+](=O)[O-])cc3)nc(N(C)C)nc2c1. The van der Waals surface area contributed by atoms with Gasteiger partial charge in [-0.15, -0.1) is 0 Å². The van der Waals surface area contributed by atoms with E-state index in [9.17, 15) is 10.1 Å². The standard InChI is InChI=1S/C19H21N5O2/c1-12-5-10-16-17(11-12)21-19(23(3)4)22-18(16)20-13(2)14-6-8-15(9-7-14)24(25)26/h5-11,13H,1-4H3,(H,20,21,22)/t13-/m0/s1. The maximum Gasteiger partial charge on any atom is 0.269 e. The smallest absolute Gasteiger partial charge is 0.269 e. The molecule has 3 rings (SSSR count). The van der Waals surface area contributed by atoms with Gasteiger partial charge in [0.2, 0.25) is 5.95 Å². The second-order valence-corrected chi connectivity index (χ2v) is 6.50. The lowest BCUT2D eigenvalue weighted by molar-refractivity contribution is -0.384. The predicted octanol–water partition coefficient (Wildman–Crippen LogP) is 4.09. The molecule has 0 unspecified atom stereocenters. The van der Waals surface area contributed by atoms with Crippen LogP contribution in [-0.4, -0.2) is 29.0 Å². The van der Waals surface area contributed by atoms with Crippen molar-refractivity contribution in [3.8, 4) is 0 Å². The molecule has 0 aliphatic rings. The topological polar surface area (TPSA) is 84.2 Å². The van der Waals surface area contributed by atoms with Gasteiger partial charge in [-0.1, -0.05) is 18.2 Å². The lowest BCUT2D eigenvalue weighted by Gasteiger charge is -2.19. The Bertz CT molecular complexity index is 954. The van der Waals surface area contributed by atoms with E-state index in [0.29, 0.717) is 5.95 Å². The third-order valence-electron chi connectivity index (χ3n) is 4.20. The number of hydrogen-bond donors (Lipinski definition) is 1. The molecule has 0 spiro atoms. The zero-order chi connectivity index (χ0) is 18.8. The zero-order valence-corrected chi connectivity index (χ0v) is 15.2. The monoisotopic (exact) mass is 351 g/mol. The molecule has 26 heavy (non-hydrogen) atoms. The van der Waals surface area contributed by atoms with Crippen molar-refractivity contribution < 1.29 is 4.92 Å². The number of benzene rings is 2. The first-order chi connectivity index (χ1) is 12.3. The van der Waals surface area contributed by atoms with Crippen LogP contribution in [0.3, 0.4) is 0 Å². The highest BCUT2D eigenvalue weighted by Gasteiger charge is 2.14. The van der Waals surface area contributed by atoms with E-state index in [1.165, 1.54) is 12.1 Å². The van der Waals surface area contributed by atoms with Crippen LogP contribution in [0.2, 0.25) is 0 Å². The first kappa shape index (κ1) is 17.6. The van der Waals surface area contributed by atoms with Crippen molar-refractivity contribution in [2.24, 2.45) is 0 Å². The van der Waals surface area contributed by atoms with Gasteiger partial charge >= 0.3 is 0 Å². The number of nitrogens with one attached hydrogen (secondary N) is 1. The molecule has 0 aliphatic carbocycles. The Balaban J connectivity index is 1.97. The van der Waals surface area contributed by atoms with Gasteiger partial charge in [-0.05, 0) is 37.1 Å². The molecule has 7 nitrogen and oxygen atoms in total. The lowest BCUT2D eigenvalue weighted by atomic mass is 10.1. The summed E-state index contributed by atoms with van der Waals surface area (Å²) in [6.07, 6.45) is 0. The van der Waals surface area contributed by atoms with E-state index in [1.807, 2.05) is 51.0 Å². The van der Waals surface area contributed by atoms with Crippen molar-refractivity contribution in [2.45, 2.75) is 19.9 Å². The average Bonchev–Trinajstić information content (AvgIpc) is 2.61. The maximum absolute atomic E-state index is 10.8. The zero-order valence-electron chi connectivity index (χ0n) is 15.2. The van der Waals surface area contributed by atoms with Crippen molar-refractivity contribution in [3.63, 3.8) is 0 Å². The minimum Gasteiger partial charge on any atom is -0.363 e. The van der Waals surface area contributed by atoms with Crippen molar-refractivity contribution in [1.82, 2.24) is 9.97 Å². The minimum atomic E-state index is -0.397. The molecule has 1 N–H and O–H groups in total. The molecule has 134 valence electrons. The predicted molar refractivity (Wildman–Crippen MR) is 104 cm³/mol. The number of nitro benzene ring substituents is 1.